The summed E-state index contributed by atoms with van der Waals surface area (Å²) in [6.07, 6.45) is 2.06. The third-order valence-electron chi connectivity index (χ3n) is 1.93. The Morgan fingerprint density at radius 3 is 2.92 bits per heavy atom. The molecule has 0 unspecified atom stereocenters. The number of hydrogen-bond donors (Lipinski definition) is 0. The van der Waals surface area contributed by atoms with Gasteiger partial charge in [0.2, 0.25) is 5.52 Å². The van der Waals surface area contributed by atoms with E-state index < -0.39 is 0 Å². The van der Waals surface area contributed by atoms with Gasteiger partial charge in [-0.1, -0.05) is 15.9 Å². The molecule has 0 fully saturated rings. The lowest BCUT2D eigenvalue weighted by Gasteiger charge is -1.93. The van der Waals surface area contributed by atoms with Gasteiger partial charge in [0, 0.05) is 35.7 Å². The van der Waals surface area contributed by atoms with Crippen molar-refractivity contribution in [3.05, 3.63) is 46.7 Å². The van der Waals surface area contributed by atoms with Gasteiger partial charge in [-0.3, -0.25) is 0 Å². The maximum Gasteiger partial charge on any atom is 0.211 e. The lowest BCUT2D eigenvalue weighted by atomic mass is 10.3. The number of fused-ring (bicyclic) bond motifs is 1. The summed E-state index contributed by atoms with van der Waals surface area (Å²) in [5, 5.41) is 0. The zero-order valence-corrected chi connectivity index (χ0v) is 8.38. The third kappa shape index (κ3) is 1.23. The topological polar surface area (TPSA) is 4.10 Å². The van der Waals surface area contributed by atoms with E-state index in [2.05, 4.69) is 57.7 Å². The number of pyridine rings is 2. The van der Waals surface area contributed by atoms with Crippen molar-refractivity contribution in [1.82, 2.24) is 0 Å². The van der Waals surface area contributed by atoms with Gasteiger partial charge in [0.05, 0.1) is 0 Å². The average molecular weight is 223 g/mol. The summed E-state index contributed by atoms with van der Waals surface area (Å²) in [6.45, 7) is 2.10. The second kappa shape index (κ2) is 2.87. The van der Waals surface area contributed by atoms with E-state index in [1.807, 2.05) is 6.07 Å². The molecule has 0 amide bonds. The van der Waals surface area contributed by atoms with Crippen LogP contribution in [0.2, 0.25) is 0 Å². The van der Waals surface area contributed by atoms with Gasteiger partial charge >= 0.3 is 0 Å². The van der Waals surface area contributed by atoms with E-state index in [-0.39, 0.29) is 0 Å². The number of aryl methyl sites for hydroxylation is 1. The van der Waals surface area contributed by atoms with E-state index >= 15 is 0 Å². The molecular weight excluding hydrogens is 214 g/mol. The van der Waals surface area contributed by atoms with E-state index in [4.69, 9.17) is 0 Å². The first-order chi connectivity index (χ1) is 5.77. The highest BCUT2D eigenvalue weighted by Gasteiger charge is 2.03. The summed E-state index contributed by atoms with van der Waals surface area (Å²) >= 11 is 3.44. The average Bonchev–Trinajstić information content (AvgIpc) is 2.04. The smallest absolute Gasteiger partial charge is 0.165 e. The number of nitrogens with zero attached hydrogens (tertiary/aromatic N) is 1. The normalized spacial score (nSPS) is 10.5. The van der Waals surface area contributed by atoms with Gasteiger partial charge in [-0.25, -0.2) is 0 Å². The molecular formula is C10H9BrN+. The Hall–Kier alpha value is -0.890. The summed E-state index contributed by atoms with van der Waals surface area (Å²) in [5.41, 5.74) is 2.46. The van der Waals surface area contributed by atoms with Gasteiger partial charge in [0.1, 0.15) is 0 Å². The molecule has 1 nitrogen and oxygen atoms in total. The van der Waals surface area contributed by atoms with Crippen molar-refractivity contribution >= 4 is 21.4 Å². The van der Waals surface area contributed by atoms with Crippen LogP contribution in [0.5, 0.6) is 0 Å². The van der Waals surface area contributed by atoms with E-state index in [9.17, 15) is 0 Å². The molecule has 2 heterocycles. The molecule has 0 spiro atoms. The lowest BCUT2D eigenvalue weighted by molar-refractivity contribution is -0.519. The van der Waals surface area contributed by atoms with Crippen LogP contribution in [0.4, 0.5) is 0 Å². The predicted molar refractivity (Wildman–Crippen MR) is 52.0 cm³/mol. The van der Waals surface area contributed by atoms with E-state index in [0.717, 1.165) is 4.47 Å². The van der Waals surface area contributed by atoms with Crippen LogP contribution >= 0.6 is 15.9 Å². The Balaban J connectivity index is 2.86. The highest BCUT2D eigenvalue weighted by atomic mass is 79.9. The van der Waals surface area contributed by atoms with Crippen molar-refractivity contribution < 1.29 is 4.40 Å². The summed E-state index contributed by atoms with van der Waals surface area (Å²) in [4.78, 5) is 0. The molecule has 0 atom stereocenters. The summed E-state index contributed by atoms with van der Waals surface area (Å²) in [7, 11) is 0. The third-order valence-corrected chi connectivity index (χ3v) is 2.42. The minimum Gasteiger partial charge on any atom is -0.165 e. The molecule has 0 aliphatic heterocycles. The predicted octanol–water partition coefficient (Wildman–Crippen LogP) is 2.50. The van der Waals surface area contributed by atoms with Crippen molar-refractivity contribution in [3.63, 3.8) is 0 Å². The van der Waals surface area contributed by atoms with Crippen LogP contribution in [-0.4, -0.2) is 0 Å². The van der Waals surface area contributed by atoms with Gasteiger partial charge in [0.25, 0.3) is 0 Å². The minimum absolute atomic E-state index is 1.12. The maximum atomic E-state index is 3.44. The standard InChI is InChI=1S/C10H9BrN/c1-8-3-2-4-10-7-9(11)5-6-12(8)10/h2-7H,1H3/q+1. The first-order valence-electron chi connectivity index (χ1n) is 3.84. The van der Waals surface area contributed by atoms with Crippen LogP contribution in [0.3, 0.4) is 0 Å². The second-order valence-corrected chi connectivity index (χ2v) is 3.72. The summed E-state index contributed by atoms with van der Waals surface area (Å²) in [6, 6.07) is 10.4. The van der Waals surface area contributed by atoms with E-state index in [1.54, 1.807) is 0 Å². The highest BCUT2D eigenvalue weighted by Crippen LogP contribution is 2.09. The molecule has 0 saturated carbocycles. The van der Waals surface area contributed by atoms with Crippen LogP contribution in [0, 0.1) is 6.92 Å². The Kier molecular flexibility index (Phi) is 1.85. The van der Waals surface area contributed by atoms with Crippen LogP contribution in [0.15, 0.2) is 41.0 Å². The summed E-state index contributed by atoms with van der Waals surface area (Å²) < 4.78 is 3.28. The highest BCUT2D eigenvalue weighted by molar-refractivity contribution is 9.10. The summed E-state index contributed by atoms with van der Waals surface area (Å²) in [5.74, 6) is 0. The SMILES string of the molecule is Cc1cccc2cc(Br)cc[n+]12. The molecule has 0 aliphatic carbocycles. The number of hydrogen-bond acceptors (Lipinski definition) is 0. The van der Waals surface area contributed by atoms with Crippen molar-refractivity contribution in [3.8, 4) is 0 Å². The molecule has 60 valence electrons. The molecule has 2 heteroatoms. The molecule has 2 aromatic rings. The molecule has 0 radical (unpaired) electrons. The van der Waals surface area contributed by atoms with Crippen molar-refractivity contribution in [2.45, 2.75) is 6.92 Å². The molecule has 0 saturated heterocycles. The quantitative estimate of drug-likeness (QED) is 0.604. The first-order valence-corrected chi connectivity index (χ1v) is 4.63. The number of aromatic nitrogens is 1. The Morgan fingerprint density at radius 1 is 1.25 bits per heavy atom. The molecule has 12 heavy (non-hydrogen) atoms. The van der Waals surface area contributed by atoms with Gasteiger partial charge in [-0.15, -0.1) is 0 Å². The van der Waals surface area contributed by atoms with Crippen molar-refractivity contribution in [2.24, 2.45) is 0 Å². The van der Waals surface area contributed by atoms with Crippen LogP contribution in [-0.2, 0) is 0 Å². The molecule has 0 bridgehead atoms. The zero-order valence-electron chi connectivity index (χ0n) is 6.79. The molecule has 2 aromatic heterocycles. The Bertz CT molecular complexity index is 423. The fourth-order valence-electron chi connectivity index (χ4n) is 1.31. The molecule has 0 aliphatic rings. The van der Waals surface area contributed by atoms with Gasteiger partial charge < -0.3 is 0 Å². The van der Waals surface area contributed by atoms with Crippen LogP contribution < -0.4 is 4.40 Å². The van der Waals surface area contributed by atoms with Crippen molar-refractivity contribution in [2.75, 3.05) is 0 Å². The largest absolute Gasteiger partial charge is 0.211 e. The van der Waals surface area contributed by atoms with Crippen molar-refractivity contribution in [1.29, 1.82) is 0 Å². The first kappa shape index (κ1) is 7.74. The van der Waals surface area contributed by atoms with Crippen LogP contribution in [0.25, 0.3) is 5.52 Å². The van der Waals surface area contributed by atoms with Gasteiger partial charge in [0.15, 0.2) is 11.9 Å². The lowest BCUT2D eigenvalue weighted by Crippen LogP contribution is -2.24. The number of halogens is 1. The van der Waals surface area contributed by atoms with Crippen LogP contribution in [0.1, 0.15) is 5.69 Å². The maximum absolute atomic E-state index is 3.44. The Labute approximate surface area is 79.8 Å². The second-order valence-electron chi connectivity index (χ2n) is 2.81. The fraction of sp³-hybridized carbons (Fsp3) is 0.100. The minimum atomic E-state index is 1.12. The zero-order chi connectivity index (χ0) is 8.55. The number of rotatable bonds is 0. The molecule has 0 N–H and O–H groups in total. The fourth-order valence-corrected chi connectivity index (χ4v) is 1.66. The Morgan fingerprint density at radius 2 is 2.08 bits per heavy atom. The van der Waals surface area contributed by atoms with E-state index in [1.165, 1.54) is 11.2 Å². The van der Waals surface area contributed by atoms with Gasteiger partial charge in [-0.2, -0.15) is 4.40 Å². The molecule has 2 rings (SSSR count). The van der Waals surface area contributed by atoms with Gasteiger partial charge in [-0.05, 0) is 6.07 Å². The molecule has 0 aromatic carbocycles. The van der Waals surface area contributed by atoms with E-state index in [0.29, 0.717) is 0 Å². The monoisotopic (exact) mass is 222 g/mol.